The van der Waals surface area contributed by atoms with Gasteiger partial charge in [0.1, 0.15) is 0 Å². The summed E-state index contributed by atoms with van der Waals surface area (Å²) in [6.45, 7) is 1.45. The minimum Gasteiger partial charge on any atom is -0.617 e. The van der Waals surface area contributed by atoms with E-state index < -0.39 is 11.2 Å². The van der Waals surface area contributed by atoms with Crippen molar-refractivity contribution in [3.05, 3.63) is 30.3 Å². The molecule has 0 saturated carbocycles. The van der Waals surface area contributed by atoms with E-state index in [0.717, 1.165) is 16.7 Å². The van der Waals surface area contributed by atoms with Crippen LogP contribution >= 0.6 is 11.8 Å². The summed E-state index contributed by atoms with van der Waals surface area (Å²) in [5, 5.41) is 2.37. The maximum Gasteiger partial charge on any atom is 0.217 e. The molecule has 0 atom stereocenters. The summed E-state index contributed by atoms with van der Waals surface area (Å²) in [6, 6.07) is 9.95. The van der Waals surface area contributed by atoms with Crippen LogP contribution in [0, 0.1) is 6.07 Å². The van der Waals surface area contributed by atoms with Crippen LogP contribution in [0.5, 0.6) is 0 Å². The second-order valence-electron chi connectivity index (χ2n) is 3.36. The van der Waals surface area contributed by atoms with Crippen LogP contribution in [0.1, 0.15) is 6.92 Å². The standard InChI is InChI=1S/C10H10NO2S.C2H6OS/c1-8(12)11-7-10(13)14-9-5-3-2-4-6-9;1-4(2)3/h3-6H,7H2,1H3,(H,11,12);1-2H3. The largest absolute Gasteiger partial charge is 0.617 e. The van der Waals surface area contributed by atoms with Gasteiger partial charge in [0.05, 0.1) is 19.1 Å². The molecule has 0 aliphatic rings. The van der Waals surface area contributed by atoms with E-state index in [9.17, 15) is 14.1 Å². The molecule has 4 nitrogen and oxygen atoms in total. The summed E-state index contributed by atoms with van der Waals surface area (Å²) >= 11 is 0.501. The fraction of sp³-hybridized carbons (Fsp3) is 0.333. The Labute approximate surface area is 115 Å². The molecule has 1 aromatic carbocycles. The van der Waals surface area contributed by atoms with Crippen LogP contribution in [-0.4, -0.2) is 34.6 Å². The second-order valence-corrected chi connectivity index (χ2v) is 5.98. The molecule has 1 N–H and O–H groups in total. The van der Waals surface area contributed by atoms with Gasteiger partial charge in [-0.15, -0.1) is 0 Å². The highest BCUT2D eigenvalue weighted by molar-refractivity contribution is 8.13. The van der Waals surface area contributed by atoms with E-state index in [-0.39, 0.29) is 17.6 Å². The monoisotopic (exact) mass is 286 g/mol. The second kappa shape index (κ2) is 9.99. The van der Waals surface area contributed by atoms with E-state index in [0.29, 0.717) is 0 Å². The van der Waals surface area contributed by atoms with Crippen molar-refractivity contribution in [3.8, 4) is 0 Å². The van der Waals surface area contributed by atoms with Crippen molar-refractivity contribution >= 4 is 34.0 Å². The minimum atomic E-state index is -0.611. The first-order valence-electron chi connectivity index (χ1n) is 5.08. The third-order valence-corrected chi connectivity index (χ3v) is 2.28. The SMILES string of the molecule is CC(=O)NCC(=O)Sc1cc[c]cc1.C[S+](C)[O-]. The molecule has 0 aliphatic heterocycles. The van der Waals surface area contributed by atoms with E-state index in [1.807, 2.05) is 0 Å². The summed E-state index contributed by atoms with van der Waals surface area (Å²) < 4.78 is 9.56. The normalized spacial score (nSPS) is 9.39. The van der Waals surface area contributed by atoms with Gasteiger partial charge in [0.15, 0.2) is 0 Å². The third kappa shape index (κ3) is 11.5. The molecule has 0 fully saturated rings. The van der Waals surface area contributed by atoms with Crippen LogP contribution in [0.4, 0.5) is 0 Å². The summed E-state index contributed by atoms with van der Waals surface area (Å²) in [5.41, 5.74) is 0. The van der Waals surface area contributed by atoms with Gasteiger partial charge in [0.25, 0.3) is 0 Å². The Hall–Kier alpha value is -0.980. The van der Waals surface area contributed by atoms with Crippen LogP contribution in [0.15, 0.2) is 29.2 Å². The number of carbonyl (C=O) groups is 2. The maximum atomic E-state index is 11.3. The Morgan fingerprint density at radius 1 is 1.39 bits per heavy atom. The summed E-state index contributed by atoms with van der Waals surface area (Å²) in [6.07, 6.45) is 3.28. The topological polar surface area (TPSA) is 69.2 Å². The zero-order chi connectivity index (χ0) is 14.0. The zero-order valence-corrected chi connectivity index (χ0v) is 12.2. The third-order valence-electron chi connectivity index (χ3n) is 1.40. The van der Waals surface area contributed by atoms with Gasteiger partial charge in [0, 0.05) is 11.8 Å². The Morgan fingerprint density at radius 2 is 1.89 bits per heavy atom. The number of thioether (sulfide) groups is 1. The van der Waals surface area contributed by atoms with E-state index in [4.69, 9.17) is 0 Å². The Bertz CT molecular complexity index is 366. The molecule has 1 rings (SSSR count). The van der Waals surface area contributed by atoms with Crippen molar-refractivity contribution in [2.45, 2.75) is 11.8 Å². The highest BCUT2D eigenvalue weighted by Crippen LogP contribution is 2.16. The lowest BCUT2D eigenvalue weighted by Crippen LogP contribution is -2.25. The van der Waals surface area contributed by atoms with E-state index >= 15 is 0 Å². The number of rotatable bonds is 3. The summed E-state index contributed by atoms with van der Waals surface area (Å²) in [7, 11) is 0. The van der Waals surface area contributed by atoms with Crippen LogP contribution in [0.25, 0.3) is 0 Å². The maximum absolute atomic E-state index is 11.3. The molecule has 1 radical (unpaired) electrons. The molecule has 1 amide bonds. The van der Waals surface area contributed by atoms with Gasteiger partial charge in [0.2, 0.25) is 11.0 Å². The minimum absolute atomic E-state index is 0.0681. The van der Waals surface area contributed by atoms with Gasteiger partial charge in [-0.2, -0.15) is 0 Å². The van der Waals surface area contributed by atoms with Gasteiger partial charge in [-0.25, -0.2) is 0 Å². The molecular weight excluding hydrogens is 270 g/mol. The quantitative estimate of drug-likeness (QED) is 0.670. The number of hydrogen-bond acceptors (Lipinski definition) is 4. The van der Waals surface area contributed by atoms with Crippen LogP contribution < -0.4 is 5.32 Å². The molecule has 0 heterocycles. The van der Waals surface area contributed by atoms with Gasteiger partial charge >= 0.3 is 0 Å². The van der Waals surface area contributed by atoms with Gasteiger partial charge in [-0.1, -0.05) is 35.1 Å². The molecule has 0 unspecified atom stereocenters. The summed E-state index contributed by atoms with van der Waals surface area (Å²) in [4.78, 5) is 22.6. The molecule has 6 heteroatoms. The van der Waals surface area contributed by atoms with Crippen LogP contribution in [0.3, 0.4) is 0 Å². The van der Waals surface area contributed by atoms with Crippen molar-refractivity contribution in [1.29, 1.82) is 0 Å². The highest BCUT2D eigenvalue weighted by atomic mass is 32.2. The zero-order valence-electron chi connectivity index (χ0n) is 10.6. The van der Waals surface area contributed by atoms with E-state index in [1.54, 1.807) is 36.8 Å². The fourth-order valence-corrected chi connectivity index (χ4v) is 1.48. The Kier molecular flexibility index (Phi) is 9.45. The van der Waals surface area contributed by atoms with Crippen molar-refractivity contribution in [3.63, 3.8) is 0 Å². The first-order chi connectivity index (χ1) is 8.41. The molecule has 1 aromatic rings. The Balaban J connectivity index is 0.000000631. The predicted octanol–water partition coefficient (Wildman–Crippen LogP) is 1.24. The lowest BCUT2D eigenvalue weighted by molar-refractivity contribution is -0.121. The molecular formula is C12H16NO3S2. The molecule has 0 bridgehead atoms. The van der Waals surface area contributed by atoms with Crippen molar-refractivity contribution in [1.82, 2.24) is 5.32 Å². The molecule has 0 saturated heterocycles. The molecule has 18 heavy (non-hydrogen) atoms. The van der Waals surface area contributed by atoms with Crippen molar-refractivity contribution < 1.29 is 14.1 Å². The van der Waals surface area contributed by atoms with E-state index in [2.05, 4.69) is 11.4 Å². The average Bonchev–Trinajstić information content (AvgIpc) is 2.27. The molecule has 99 valence electrons. The number of nitrogens with one attached hydrogen (secondary N) is 1. The smallest absolute Gasteiger partial charge is 0.217 e. The van der Waals surface area contributed by atoms with Crippen LogP contribution in [-0.2, 0) is 20.8 Å². The fourth-order valence-electron chi connectivity index (χ4n) is 0.804. The molecule has 0 aromatic heterocycles. The average molecular weight is 286 g/mol. The molecule has 0 aliphatic carbocycles. The van der Waals surface area contributed by atoms with Crippen LogP contribution in [0.2, 0.25) is 0 Å². The summed E-state index contributed by atoms with van der Waals surface area (Å²) in [5.74, 6) is -0.194. The van der Waals surface area contributed by atoms with Gasteiger partial charge in [-0.05, 0) is 18.2 Å². The first kappa shape index (κ1) is 17.0. The number of hydrogen-bond donors (Lipinski definition) is 1. The Morgan fingerprint density at radius 3 is 2.33 bits per heavy atom. The predicted molar refractivity (Wildman–Crippen MR) is 74.8 cm³/mol. The number of carbonyl (C=O) groups excluding carboxylic acids is 2. The first-order valence-corrected chi connectivity index (χ1v) is 7.86. The van der Waals surface area contributed by atoms with Crippen molar-refractivity contribution in [2.75, 3.05) is 19.1 Å². The number of benzene rings is 1. The number of amides is 1. The van der Waals surface area contributed by atoms with Gasteiger partial charge < -0.3 is 9.87 Å². The lowest BCUT2D eigenvalue weighted by atomic mass is 10.4. The van der Waals surface area contributed by atoms with Crippen molar-refractivity contribution in [2.24, 2.45) is 0 Å². The highest BCUT2D eigenvalue weighted by Gasteiger charge is 2.04. The van der Waals surface area contributed by atoms with E-state index in [1.165, 1.54) is 6.92 Å². The lowest BCUT2D eigenvalue weighted by Gasteiger charge is -2.00. The van der Waals surface area contributed by atoms with Gasteiger partial charge in [-0.3, -0.25) is 9.59 Å². The molecule has 0 spiro atoms.